The standard InChI is InChI=1S/C15H18N2O/c16-10-15(17-13-6-2-3-7-13)11-18-9-12-5-1-4-8-14(12)15/h1,4-5,8,13,17H,2-3,6-7,9,11H2. The molecule has 1 heterocycles. The van der Waals surface area contributed by atoms with Crippen molar-refractivity contribution in [2.75, 3.05) is 6.61 Å². The maximum atomic E-state index is 9.66. The Morgan fingerprint density at radius 2 is 2.06 bits per heavy atom. The molecule has 0 aromatic heterocycles. The molecule has 1 N–H and O–H groups in total. The van der Waals surface area contributed by atoms with Crippen LogP contribution in [0.3, 0.4) is 0 Å². The minimum absolute atomic E-state index is 0.455. The zero-order valence-corrected chi connectivity index (χ0v) is 10.5. The van der Waals surface area contributed by atoms with Crippen LogP contribution in [0, 0.1) is 11.3 Å². The van der Waals surface area contributed by atoms with Gasteiger partial charge >= 0.3 is 0 Å². The predicted molar refractivity (Wildman–Crippen MR) is 68.8 cm³/mol. The SMILES string of the molecule is N#CC1(NC2CCCC2)COCc2ccccc21. The molecule has 0 amide bonds. The fourth-order valence-electron chi connectivity index (χ4n) is 3.12. The first-order chi connectivity index (χ1) is 8.84. The van der Waals surface area contributed by atoms with Crippen LogP contribution in [0.15, 0.2) is 24.3 Å². The van der Waals surface area contributed by atoms with Gasteiger partial charge in [0.15, 0.2) is 5.54 Å². The number of nitrogens with one attached hydrogen (secondary N) is 1. The Morgan fingerprint density at radius 1 is 1.28 bits per heavy atom. The number of fused-ring (bicyclic) bond motifs is 1. The molecule has 18 heavy (non-hydrogen) atoms. The molecule has 0 bridgehead atoms. The molecule has 1 atom stereocenters. The Kier molecular flexibility index (Phi) is 3.07. The van der Waals surface area contributed by atoms with E-state index in [1.54, 1.807) is 0 Å². The number of ether oxygens (including phenoxy) is 1. The first-order valence-corrected chi connectivity index (χ1v) is 6.69. The zero-order chi connectivity index (χ0) is 12.4. The summed E-state index contributed by atoms with van der Waals surface area (Å²) in [6.45, 7) is 1.07. The summed E-state index contributed by atoms with van der Waals surface area (Å²) in [5, 5.41) is 13.2. The second kappa shape index (κ2) is 4.72. The molecule has 1 aliphatic heterocycles. The third-order valence-corrected chi connectivity index (χ3v) is 4.05. The molecule has 1 aromatic carbocycles. The molecule has 1 unspecified atom stereocenters. The number of nitrogens with zero attached hydrogens (tertiary/aromatic N) is 1. The Labute approximate surface area is 108 Å². The highest BCUT2D eigenvalue weighted by Crippen LogP contribution is 2.32. The van der Waals surface area contributed by atoms with Gasteiger partial charge in [-0.25, -0.2) is 0 Å². The normalized spacial score (nSPS) is 27.7. The number of nitriles is 1. The predicted octanol–water partition coefficient (Wildman–Crippen LogP) is 2.47. The molecule has 1 aliphatic carbocycles. The van der Waals surface area contributed by atoms with Crippen molar-refractivity contribution in [2.45, 2.75) is 43.9 Å². The van der Waals surface area contributed by atoms with E-state index in [2.05, 4.69) is 23.5 Å². The zero-order valence-electron chi connectivity index (χ0n) is 10.5. The first kappa shape index (κ1) is 11.7. The van der Waals surface area contributed by atoms with Gasteiger partial charge < -0.3 is 4.74 Å². The van der Waals surface area contributed by atoms with E-state index in [0.717, 1.165) is 11.1 Å². The summed E-state index contributed by atoms with van der Waals surface area (Å²) >= 11 is 0. The summed E-state index contributed by atoms with van der Waals surface area (Å²) in [6.07, 6.45) is 4.88. The minimum atomic E-state index is -0.649. The smallest absolute Gasteiger partial charge is 0.156 e. The molecule has 1 fully saturated rings. The largest absolute Gasteiger partial charge is 0.373 e. The summed E-state index contributed by atoms with van der Waals surface area (Å²) in [5.41, 5.74) is 1.59. The Balaban J connectivity index is 1.94. The molecule has 0 spiro atoms. The number of hydrogen-bond acceptors (Lipinski definition) is 3. The van der Waals surface area contributed by atoms with E-state index in [-0.39, 0.29) is 0 Å². The first-order valence-electron chi connectivity index (χ1n) is 6.69. The lowest BCUT2D eigenvalue weighted by molar-refractivity contribution is 0.0536. The molecule has 94 valence electrons. The molecule has 0 radical (unpaired) electrons. The molecule has 0 saturated heterocycles. The van der Waals surface area contributed by atoms with Gasteiger partial charge in [0.2, 0.25) is 0 Å². The lowest BCUT2D eigenvalue weighted by Crippen LogP contribution is -2.51. The molecule has 3 heteroatoms. The number of rotatable bonds is 2. The minimum Gasteiger partial charge on any atom is -0.373 e. The van der Waals surface area contributed by atoms with Gasteiger partial charge in [-0.1, -0.05) is 37.1 Å². The van der Waals surface area contributed by atoms with Crippen molar-refractivity contribution in [3.8, 4) is 6.07 Å². The van der Waals surface area contributed by atoms with Crippen LogP contribution in [-0.2, 0) is 16.9 Å². The fourth-order valence-corrected chi connectivity index (χ4v) is 3.12. The van der Waals surface area contributed by atoms with Crippen LogP contribution in [0.25, 0.3) is 0 Å². The topological polar surface area (TPSA) is 45.0 Å². The average molecular weight is 242 g/mol. The summed E-state index contributed by atoms with van der Waals surface area (Å²) < 4.78 is 5.63. The molecule has 3 rings (SSSR count). The number of benzene rings is 1. The van der Waals surface area contributed by atoms with E-state index in [1.807, 2.05) is 12.1 Å². The molecule has 2 aliphatic rings. The lowest BCUT2D eigenvalue weighted by Gasteiger charge is -2.36. The molecule has 1 saturated carbocycles. The van der Waals surface area contributed by atoms with Crippen molar-refractivity contribution >= 4 is 0 Å². The molecular formula is C15H18N2O. The van der Waals surface area contributed by atoms with Crippen LogP contribution in [0.5, 0.6) is 0 Å². The van der Waals surface area contributed by atoms with Gasteiger partial charge in [0.25, 0.3) is 0 Å². The van der Waals surface area contributed by atoms with Crippen molar-refractivity contribution in [3.63, 3.8) is 0 Å². The van der Waals surface area contributed by atoms with Gasteiger partial charge in [0.1, 0.15) is 0 Å². The van der Waals surface area contributed by atoms with E-state index in [9.17, 15) is 5.26 Å². The van der Waals surface area contributed by atoms with E-state index < -0.39 is 5.54 Å². The maximum absolute atomic E-state index is 9.66. The second-order valence-electron chi connectivity index (χ2n) is 5.29. The third-order valence-electron chi connectivity index (χ3n) is 4.05. The molecular weight excluding hydrogens is 224 g/mol. The summed E-state index contributed by atoms with van der Waals surface area (Å²) in [7, 11) is 0. The van der Waals surface area contributed by atoms with E-state index in [4.69, 9.17) is 4.74 Å². The van der Waals surface area contributed by atoms with E-state index in [0.29, 0.717) is 19.3 Å². The second-order valence-corrected chi connectivity index (χ2v) is 5.29. The summed E-state index contributed by atoms with van der Waals surface area (Å²) in [6, 6.07) is 11.0. The Hall–Kier alpha value is -1.37. The molecule has 3 nitrogen and oxygen atoms in total. The van der Waals surface area contributed by atoms with Gasteiger partial charge in [0, 0.05) is 6.04 Å². The summed E-state index contributed by atoms with van der Waals surface area (Å²) in [4.78, 5) is 0. The lowest BCUT2D eigenvalue weighted by atomic mass is 9.85. The van der Waals surface area contributed by atoms with Crippen molar-refractivity contribution in [2.24, 2.45) is 0 Å². The van der Waals surface area contributed by atoms with Crippen LogP contribution < -0.4 is 5.32 Å². The van der Waals surface area contributed by atoms with Gasteiger partial charge in [-0.2, -0.15) is 5.26 Å². The van der Waals surface area contributed by atoms with Crippen molar-refractivity contribution < 1.29 is 4.74 Å². The van der Waals surface area contributed by atoms with Crippen LogP contribution in [0.1, 0.15) is 36.8 Å². The Bertz CT molecular complexity index is 474. The van der Waals surface area contributed by atoms with E-state index >= 15 is 0 Å². The summed E-state index contributed by atoms with van der Waals surface area (Å²) in [5.74, 6) is 0. The highest BCUT2D eigenvalue weighted by atomic mass is 16.5. The quantitative estimate of drug-likeness (QED) is 0.866. The monoisotopic (exact) mass is 242 g/mol. The van der Waals surface area contributed by atoms with E-state index in [1.165, 1.54) is 25.7 Å². The highest BCUT2D eigenvalue weighted by molar-refractivity contribution is 5.40. The average Bonchev–Trinajstić information content (AvgIpc) is 2.92. The van der Waals surface area contributed by atoms with Crippen LogP contribution in [-0.4, -0.2) is 12.6 Å². The third kappa shape index (κ3) is 1.92. The maximum Gasteiger partial charge on any atom is 0.156 e. The van der Waals surface area contributed by atoms with Gasteiger partial charge in [-0.3, -0.25) is 5.32 Å². The van der Waals surface area contributed by atoms with Crippen LogP contribution >= 0.6 is 0 Å². The van der Waals surface area contributed by atoms with Crippen molar-refractivity contribution in [1.82, 2.24) is 5.32 Å². The van der Waals surface area contributed by atoms with Crippen molar-refractivity contribution in [3.05, 3.63) is 35.4 Å². The highest BCUT2D eigenvalue weighted by Gasteiger charge is 2.39. The fraction of sp³-hybridized carbons (Fsp3) is 0.533. The van der Waals surface area contributed by atoms with Gasteiger partial charge in [-0.15, -0.1) is 0 Å². The van der Waals surface area contributed by atoms with Crippen LogP contribution in [0.4, 0.5) is 0 Å². The van der Waals surface area contributed by atoms with Crippen molar-refractivity contribution in [1.29, 1.82) is 5.26 Å². The van der Waals surface area contributed by atoms with Gasteiger partial charge in [-0.05, 0) is 24.0 Å². The van der Waals surface area contributed by atoms with Crippen LogP contribution in [0.2, 0.25) is 0 Å². The van der Waals surface area contributed by atoms with Gasteiger partial charge in [0.05, 0.1) is 19.3 Å². The number of hydrogen-bond donors (Lipinski definition) is 1. The Morgan fingerprint density at radius 3 is 2.83 bits per heavy atom. The molecule has 1 aromatic rings.